The summed E-state index contributed by atoms with van der Waals surface area (Å²) in [4.78, 5) is 39.2. The second-order valence-corrected chi connectivity index (χ2v) is 7.64. The van der Waals surface area contributed by atoms with Gasteiger partial charge >= 0.3 is 11.1 Å². The fraction of sp³-hybridized carbons (Fsp3) is 0.571. The first kappa shape index (κ1) is 20.3. The number of rotatable bonds is 7. The maximum Gasteiger partial charge on any atom is 0.316 e. The number of carbonyl (C=O) groups is 1. The van der Waals surface area contributed by atoms with Crippen LogP contribution in [0.3, 0.4) is 0 Å². The lowest BCUT2D eigenvalue weighted by molar-refractivity contribution is -0.121. The Morgan fingerprint density at radius 3 is 2.61 bits per heavy atom. The second-order valence-electron chi connectivity index (χ2n) is 7.64. The van der Waals surface area contributed by atoms with E-state index in [2.05, 4.69) is 17.1 Å². The molecule has 0 aliphatic carbocycles. The Balaban J connectivity index is 1.54. The van der Waals surface area contributed by atoms with Crippen LogP contribution in [0.2, 0.25) is 0 Å². The molecule has 3 rings (SSSR count). The maximum atomic E-state index is 12.4. The Kier molecular flexibility index (Phi) is 6.67. The van der Waals surface area contributed by atoms with Gasteiger partial charge in [0.2, 0.25) is 5.91 Å². The molecule has 7 heteroatoms. The van der Waals surface area contributed by atoms with Crippen molar-refractivity contribution >= 4 is 16.9 Å². The molecule has 2 aromatic rings. The fourth-order valence-electron chi connectivity index (χ4n) is 3.98. The van der Waals surface area contributed by atoms with Crippen LogP contribution in [0.15, 0.2) is 33.9 Å². The van der Waals surface area contributed by atoms with E-state index >= 15 is 0 Å². The average molecular weight is 386 g/mol. The summed E-state index contributed by atoms with van der Waals surface area (Å²) in [5.41, 5.74) is 0.187. The van der Waals surface area contributed by atoms with Crippen LogP contribution in [0, 0.1) is 0 Å². The van der Waals surface area contributed by atoms with Gasteiger partial charge in [-0.1, -0.05) is 18.6 Å². The highest BCUT2D eigenvalue weighted by Crippen LogP contribution is 2.16. The topological polar surface area (TPSA) is 76.3 Å². The van der Waals surface area contributed by atoms with Crippen molar-refractivity contribution < 1.29 is 4.79 Å². The van der Waals surface area contributed by atoms with E-state index in [1.807, 2.05) is 12.1 Å². The Hall–Kier alpha value is -2.41. The number of benzene rings is 1. The van der Waals surface area contributed by atoms with E-state index in [0.29, 0.717) is 23.6 Å². The summed E-state index contributed by atoms with van der Waals surface area (Å²) < 4.78 is 2.77. The zero-order chi connectivity index (χ0) is 20.1. The Labute approximate surface area is 165 Å². The highest BCUT2D eigenvalue weighted by atomic mass is 16.2. The SMILES string of the molecule is CC1CCCCN1CCCNC(=O)CCn1c(=O)c(=O)n(C)c2ccccc21. The highest BCUT2D eigenvalue weighted by Gasteiger charge is 2.17. The zero-order valence-corrected chi connectivity index (χ0v) is 16.8. The summed E-state index contributed by atoms with van der Waals surface area (Å²) in [5.74, 6) is -0.0941. The van der Waals surface area contributed by atoms with Crippen molar-refractivity contribution in [3.05, 3.63) is 45.0 Å². The lowest BCUT2D eigenvalue weighted by Crippen LogP contribution is -2.41. The molecule has 152 valence electrons. The van der Waals surface area contributed by atoms with Gasteiger partial charge in [0.15, 0.2) is 0 Å². The standard InChI is InChI=1S/C21H30N4O3/c1-16-8-5-6-13-24(16)14-7-12-22-19(26)11-15-25-18-10-4-3-9-17(18)23(2)20(27)21(25)28/h3-4,9-10,16H,5-8,11-15H2,1-2H3,(H,22,26). The van der Waals surface area contributed by atoms with Crippen molar-refractivity contribution in [2.45, 2.75) is 51.6 Å². The van der Waals surface area contributed by atoms with E-state index in [0.717, 1.165) is 19.5 Å². The van der Waals surface area contributed by atoms with E-state index in [4.69, 9.17) is 0 Å². The molecule has 1 aliphatic rings. The van der Waals surface area contributed by atoms with E-state index in [-0.39, 0.29) is 18.9 Å². The van der Waals surface area contributed by atoms with Crippen LogP contribution >= 0.6 is 0 Å². The molecule has 1 amide bonds. The normalized spacial score (nSPS) is 17.7. The number of likely N-dealkylation sites (tertiary alicyclic amines) is 1. The lowest BCUT2D eigenvalue weighted by atomic mass is 10.0. The van der Waals surface area contributed by atoms with Gasteiger partial charge in [-0.2, -0.15) is 0 Å². The number of nitrogens with one attached hydrogen (secondary N) is 1. The molecular weight excluding hydrogens is 356 g/mol. The van der Waals surface area contributed by atoms with Crippen LogP contribution < -0.4 is 16.4 Å². The van der Waals surface area contributed by atoms with E-state index in [9.17, 15) is 14.4 Å². The molecular formula is C21H30N4O3. The van der Waals surface area contributed by atoms with Crippen molar-refractivity contribution in [3.8, 4) is 0 Å². The first-order chi connectivity index (χ1) is 13.5. The van der Waals surface area contributed by atoms with Crippen molar-refractivity contribution in [2.24, 2.45) is 7.05 Å². The molecule has 1 unspecified atom stereocenters. The average Bonchev–Trinajstić information content (AvgIpc) is 2.70. The summed E-state index contributed by atoms with van der Waals surface area (Å²) in [7, 11) is 1.59. The first-order valence-corrected chi connectivity index (χ1v) is 10.2. The molecule has 1 saturated heterocycles. The number of carbonyl (C=O) groups excluding carboxylic acids is 1. The number of hydrogen-bond acceptors (Lipinski definition) is 4. The van der Waals surface area contributed by atoms with Crippen LogP contribution in [0.5, 0.6) is 0 Å². The number of nitrogens with zero attached hydrogens (tertiary/aromatic N) is 3. The molecule has 28 heavy (non-hydrogen) atoms. The number of aryl methyl sites for hydroxylation is 2. The van der Waals surface area contributed by atoms with Crippen LogP contribution in [-0.2, 0) is 18.4 Å². The summed E-state index contributed by atoms with van der Waals surface area (Å²) >= 11 is 0. The van der Waals surface area contributed by atoms with Gasteiger partial charge in [-0.15, -0.1) is 0 Å². The summed E-state index contributed by atoms with van der Waals surface area (Å²) in [5, 5.41) is 2.94. The van der Waals surface area contributed by atoms with Gasteiger partial charge < -0.3 is 19.4 Å². The van der Waals surface area contributed by atoms with E-state index in [1.54, 1.807) is 19.2 Å². The number of hydrogen-bond donors (Lipinski definition) is 1. The summed E-state index contributed by atoms with van der Waals surface area (Å²) in [6.45, 7) is 5.25. The minimum absolute atomic E-state index is 0.0941. The van der Waals surface area contributed by atoms with Crippen molar-refractivity contribution in [1.29, 1.82) is 0 Å². The minimum Gasteiger partial charge on any atom is -0.356 e. The van der Waals surface area contributed by atoms with Crippen molar-refractivity contribution in [2.75, 3.05) is 19.6 Å². The van der Waals surface area contributed by atoms with Gasteiger partial charge in [0, 0.05) is 39.1 Å². The predicted octanol–water partition coefficient (Wildman–Crippen LogP) is 1.47. The Morgan fingerprint density at radius 2 is 1.86 bits per heavy atom. The predicted molar refractivity (Wildman–Crippen MR) is 111 cm³/mol. The van der Waals surface area contributed by atoms with Crippen LogP contribution in [0.4, 0.5) is 0 Å². The van der Waals surface area contributed by atoms with Crippen LogP contribution in [0.1, 0.15) is 39.0 Å². The quantitative estimate of drug-likeness (QED) is 0.578. The number of fused-ring (bicyclic) bond motifs is 1. The third-order valence-corrected chi connectivity index (χ3v) is 5.71. The number of piperidine rings is 1. The Bertz CT molecular complexity index is 947. The third kappa shape index (κ3) is 4.52. The van der Waals surface area contributed by atoms with Crippen molar-refractivity contribution in [1.82, 2.24) is 19.4 Å². The van der Waals surface area contributed by atoms with Gasteiger partial charge in [0.1, 0.15) is 0 Å². The molecule has 1 aliphatic heterocycles. The third-order valence-electron chi connectivity index (χ3n) is 5.71. The summed E-state index contributed by atoms with van der Waals surface area (Å²) in [6.07, 6.45) is 4.93. The van der Waals surface area contributed by atoms with Crippen molar-refractivity contribution in [3.63, 3.8) is 0 Å². The molecule has 1 atom stereocenters. The molecule has 1 aromatic carbocycles. The lowest BCUT2D eigenvalue weighted by Gasteiger charge is -2.33. The molecule has 1 fully saturated rings. The molecule has 0 bridgehead atoms. The van der Waals surface area contributed by atoms with Crippen LogP contribution in [0.25, 0.3) is 11.0 Å². The largest absolute Gasteiger partial charge is 0.356 e. The van der Waals surface area contributed by atoms with Gasteiger partial charge in [0.25, 0.3) is 0 Å². The van der Waals surface area contributed by atoms with Gasteiger partial charge in [-0.3, -0.25) is 14.4 Å². The molecule has 0 saturated carbocycles. The highest BCUT2D eigenvalue weighted by molar-refractivity contribution is 5.77. The van der Waals surface area contributed by atoms with Gasteiger partial charge in [-0.25, -0.2) is 0 Å². The van der Waals surface area contributed by atoms with E-state index < -0.39 is 11.1 Å². The second kappa shape index (κ2) is 9.19. The zero-order valence-electron chi connectivity index (χ0n) is 16.8. The molecule has 0 spiro atoms. The summed E-state index contributed by atoms with van der Waals surface area (Å²) in [6, 6.07) is 7.88. The van der Waals surface area contributed by atoms with Gasteiger partial charge in [0.05, 0.1) is 11.0 Å². The van der Waals surface area contributed by atoms with Gasteiger partial charge in [-0.05, 0) is 44.9 Å². The molecule has 1 N–H and O–H groups in total. The van der Waals surface area contributed by atoms with E-state index in [1.165, 1.54) is 28.4 Å². The monoisotopic (exact) mass is 386 g/mol. The first-order valence-electron chi connectivity index (χ1n) is 10.2. The smallest absolute Gasteiger partial charge is 0.316 e. The molecule has 7 nitrogen and oxygen atoms in total. The minimum atomic E-state index is -0.590. The fourth-order valence-corrected chi connectivity index (χ4v) is 3.98. The number of para-hydroxylation sites is 2. The molecule has 1 aromatic heterocycles. The van der Waals surface area contributed by atoms with Crippen LogP contribution in [-0.4, -0.2) is 45.6 Å². The molecule has 2 heterocycles. The Morgan fingerprint density at radius 1 is 1.11 bits per heavy atom. The maximum absolute atomic E-state index is 12.4. The number of aromatic nitrogens is 2. The molecule has 0 radical (unpaired) electrons. The number of amides is 1.